The van der Waals surface area contributed by atoms with Crippen molar-refractivity contribution in [2.75, 3.05) is 18.4 Å². The molecule has 1 aromatic carbocycles. The van der Waals surface area contributed by atoms with Gasteiger partial charge < -0.3 is 10.2 Å². The molecule has 1 N–H and O–H groups in total. The maximum absolute atomic E-state index is 12.5. The quantitative estimate of drug-likeness (QED) is 0.857. The number of nitrogens with zero attached hydrogens (tertiary/aromatic N) is 3. The third-order valence-electron chi connectivity index (χ3n) is 4.28. The van der Waals surface area contributed by atoms with E-state index in [4.69, 9.17) is 0 Å². The van der Waals surface area contributed by atoms with Gasteiger partial charge in [-0.15, -0.1) is 0 Å². The molecule has 6 heteroatoms. The first-order valence-corrected chi connectivity index (χ1v) is 8.97. The minimum atomic E-state index is 0.0212. The van der Waals surface area contributed by atoms with Gasteiger partial charge in [0, 0.05) is 35.6 Å². The van der Waals surface area contributed by atoms with Crippen LogP contribution in [0.1, 0.15) is 35.7 Å². The number of hydrogen-bond acceptors (Lipinski definition) is 4. The zero-order chi connectivity index (χ0) is 17.1. The van der Waals surface area contributed by atoms with E-state index >= 15 is 0 Å². The van der Waals surface area contributed by atoms with Gasteiger partial charge in [-0.1, -0.05) is 22.9 Å². The number of rotatable bonds is 3. The van der Waals surface area contributed by atoms with E-state index in [1.54, 1.807) is 12.4 Å². The molecule has 3 rings (SSSR count). The van der Waals surface area contributed by atoms with Crippen molar-refractivity contribution < 1.29 is 4.79 Å². The summed E-state index contributed by atoms with van der Waals surface area (Å²) >= 11 is 3.45. The summed E-state index contributed by atoms with van der Waals surface area (Å²) in [6.07, 6.45) is 5.46. The topological polar surface area (TPSA) is 58.1 Å². The summed E-state index contributed by atoms with van der Waals surface area (Å²) < 4.78 is 1.03. The van der Waals surface area contributed by atoms with Crippen LogP contribution in [0.15, 0.2) is 35.1 Å². The smallest absolute Gasteiger partial charge is 0.257 e. The van der Waals surface area contributed by atoms with Gasteiger partial charge in [0.1, 0.15) is 0 Å². The maximum atomic E-state index is 12.5. The molecule has 1 atom stereocenters. The van der Waals surface area contributed by atoms with Gasteiger partial charge in [-0.25, -0.2) is 9.97 Å². The molecule has 0 radical (unpaired) electrons. The average molecular weight is 389 g/mol. The van der Waals surface area contributed by atoms with Crippen molar-refractivity contribution in [3.8, 4) is 0 Å². The number of hydrogen-bond donors (Lipinski definition) is 1. The normalized spacial score (nSPS) is 17.6. The predicted molar refractivity (Wildman–Crippen MR) is 98.5 cm³/mol. The van der Waals surface area contributed by atoms with E-state index in [1.165, 1.54) is 6.42 Å². The first-order valence-electron chi connectivity index (χ1n) is 8.17. The summed E-state index contributed by atoms with van der Waals surface area (Å²) in [7, 11) is 0. The number of anilines is 2. The standard InChI is InChI=1S/C18H21BrN4O/c1-12-4-3-7-23(11-12)17(24)14-9-20-18(21-10-14)22-16-6-5-15(19)8-13(16)2/h5-6,8-10,12H,3-4,7,11H2,1-2H3,(H,20,21,22). The summed E-state index contributed by atoms with van der Waals surface area (Å²) in [5.74, 6) is 1.07. The van der Waals surface area contributed by atoms with E-state index in [2.05, 4.69) is 38.1 Å². The van der Waals surface area contributed by atoms with Gasteiger partial charge >= 0.3 is 0 Å². The van der Waals surface area contributed by atoms with E-state index in [9.17, 15) is 4.79 Å². The fourth-order valence-corrected chi connectivity index (χ4v) is 3.42. The lowest BCUT2D eigenvalue weighted by molar-refractivity contribution is 0.0682. The van der Waals surface area contributed by atoms with E-state index in [0.29, 0.717) is 17.4 Å². The molecule has 0 saturated carbocycles. The number of halogens is 1. The second-order valence-corrected chi connectivity index (χ2v) is 7.29. The molecule has 0 aliphatic carbocycles. The Morgan fingerprint density at radius 2 is 2.08 bits per heavy atom. The van der Waals surface area contributed by atoms with Crippen LogP contribution in [0.4, 0.5) is 11.6 Å². The fourth-order valence-electron chi connectivity index (χ4n) is 2.95. The number of likely N-dealkylation sites (tertiary alicyclic amines) is 1. The second-order valence-electron chi connectivity index (χ2n) is 6.38. The monoisotopic (exact) mass is 388 g/mol. The molecule has 1 fully saturated rings. The Balaban J connectivity index is 1.69. The lowest BCUT2D eigenvalue weighted by atomic mass is 10.00. The van der Waals surface area contributed by atoms with Crippen molar-refractivity contribution in [2.24, 2.45) is 5.92 Å². The Morgan fingerprint density at radius 3 is 2.75 bits per heavy atom. The Bertz CT molecular complexity index is 732. The molecule has 1 aliphatic rings. The third-order valence-corrected chi connectivity index (χ3v) is 4.77. The Morgan fingerprint density at radius 1 is 1.33 bits per heavy atom. The van der Waals surface area contributed by atoms with Crippen molar-refractivity contribution in [2.45, 2.75) is 26.7 Å². The zero-order valence-electron chi connectivity index (χ0n) is 13.9. The highest BCUT2D eigenvalue weighted by molar-refractivity contribution is 9.10. The van der Waals surface area contributed by atoms with E-state index in [0.717, 1.165) is 35.2 Å². The molecule has 2 heterocycles. The third kappa shape index (κ3) is 3.93. The van der Waals surface area contributed by atoms with Gasteiger partial charge in [0.05, 0.1) is 5.56 Å². The van der Waals surface area contributed by atoms with Gasteiger partial charge in [-0.2, -0.15) is 0 Å². The molecular weight excluding hydrogens is 368 g/mol. The van der Waals surface area contributed by atoms with Gasteiger partial charge in [0.2, 0.25) is 5.95 Å². The second kappa shape index (κ2) is 7.30. The van der Waals surface area contributed by atoms with Crippen LogP contribution in [0.5, 0.6) is 0 Å². The highest BCUT2D eigenvalue weighted by atomic mass is 79.9. The summed E-state index contributed by atoms with van der Waals surface area (Å²) in [5, 5.41) is 3.18. The van der Waals surface area contributed by atoms with Crippen LogP contribution in [0.2, 0.25) is 0 Å². The number of carbonyl (C=O) groups is 1. The van der Waals surface area contributed by atoms with Crippen molar-refractivity contribution in [1.29, 1.82) is 0 Å². The predicted octanol–water partition coefficient (Wildman–Crippen LogP) is 4.16. The summed E-state index contributed by atoms with van der Waals surface area (Å²) in [6.45, 7) is 5.84. The molecule has 2 aromatic rings. The maximum Gasteiger partial charge on any atom is 0.257 e. The molecule has 1 aliphatic heterocycles. The number of benzene rings is 1. The van der Waals surface area contributed by atoms with Crippen LogP contribution >= 0.6 is 15.9 Å². The van der Waals surface area contributed by atoms with Crippen molar-refractivity contribution in [3.05, 3.63) is 46.2 Å². The number of piperidine rings is 1. The first kappa shape index (κ1) is 16.9. The van der Waals surface area contributed by atoms with Crippen LogP contribution in [-0.2, 0) is 0 Å². The lowest BCUT2D eigenvalue weighted by Gasteiger charge is -2.30. The van der Waals surface area contributed by atoms with Crippen molar-refractivity contribution >= 4 is 33.5 Å². The Labute approximate surface area is 150 Å². The average Bonchev–Trinajstić information content (AvgIpc) is 2.57. The molecule has 1 amide bonds. The minimum absolute atomic E-state index is 0.0212. The van der Waals surface area contributed by atoms with Crippen molar-refractivity contribution in [3.63, 3.8) is 0 Å². The SMILES string of the molecule is Cc1cc(Br)ccc1Nc1ncc(C(=O)N2CCCC(C)C2)cn1. The van der Waals surface area contributed by atoms with E-state index in [1.807, 2.05) is 30.0 Å². The molecule has 1 saturated heterocycles. The zero-order valence-corrected chi connectivity index (χ0v) is 15.5. The molecule has 1 aromatic heterocycles. The Kier molecular flexibility index (Phi) is 5.14. The minimum Gasteiger partial charge on any atom is -0.338 e. The largest absolute Gasteiger partial charge is 0.338 e. The number of aromatic nitrogens is 2. The molecule has 0 bridgehead atoms. The van der Waals surface area contributed by atoms with Crippen LogP contribution in [0.3, 0.4) is 0 Å². The molecule has 24 heavy (non-hydrogen) atoms. The highest BCUT2D eigenvalue weighted by Crippen LogP contribution is 2.22. The first-order chi connectivity index (χ1) is 11.5. The number of aryl methyl sites for hydroxylation is 1. The summed E-state index contributed by atoms with van der Waals surface area (Å²) in [4.78, 5) is 23.0. The highest BCUT2D eigenvalue weighted by Gasteiger charge is 2.22. The molecule has 0 spiro atoms. The fraction of sp³-hybridized carbons (Fsp3) is 0.389. The number of amides is 1. The van der Waals surface area contributed by atoms with Gasteiger partial charge in [0.15, 0.2) is 0 Å². The van der Waals surface area contributed by atoms with Gasteiger partial charge in [-0.05, 0) is 49.4 Å². The van der Waals surface area contributed by atoms with Crippen molar-refractivity contribution in [1.82, 2.24) is 14.9 Å². The van der Waals surface area contributed by atoms with Gasteiger partial charge in [-0.3, -0.25) is 4.79 Å². The van der Waals surface area contributed by atoms with Crippen LogP contribution in [-0.4, -0.2) is 33.9 Å². The molecule has 126 valence electrons. The number of nitrogens with one attached hydrogen (secondary N) is 1. The summed E-state index contributed by atoms with van der Waals surface area (Å²) in [5.41, 5.74) is 2.58. The van der Waals surface area contributed by atoms with Gasteiger partial charge in [0.25, 0.3) is 5.91 Å². The van der Waals surface area contributed by atoms with E-state index < -0.39 is 0 Å². The molecule has 1 unspecified atom stereocenters. The summed E-state index contributed by atoms with van der Waals surface area (Å²) in [6, 6.07) is 5.96. The van der Waals surface area contributed by atoms with Crippen LogP contribution < -0.4 is 5.32 Å². The lowest BCUT2D eigenvalue weighted by Crippen LogP contribution is -2.39. The number of carbonyl (C=O) groups excluding carboxylic acids is 1. The van der Waals surface area contributed by atoms with Crippen LogP contribution in [0, 0.1) is 12.8 Å². The Hall–Kier alpha value is -1.95. The molecule has 5 nitrogen and oxygen atoms in total. The van der Waals surface area contributed by atoms with Crippen LogP contribution in [0.25, 0.3) is 0 Å². The molecular formula is C18H21BrN4O. The van der Waals surface area contributed by atoms with E-state index in [-0.39, 0.29) is 5.91 Å².